The summed E-state index contributed by atoms with van der Waals surface area (Å²) in [6, 6.07) is 11.8. The second kappa shape index (κ2) is 8.16. The molecule has 5 rings (SSSR count). The Morgan fingerprint density at radius 1 is 1.19 bits per heavy atom. The molecule has 31 heavy (non-hydrogen) atoms. The number of hydrogen-bond acceptors (Lipinski definition) is 8. The summed E-state index contributed by atoms with van der Waals surface area (Å²) in [6.07, 6.45) is 0.752. The summed E-state index contributed by atoms with van der Waals surface area (Å²) < 4.78 is 12.1. The zero-order valence-electron chi connectivity index (χ0n) is 17.0. The van der Waals surface area contributed by atoms with E-state index in [4.69, 9.17) is 14.5 Å². The molecule has 0 bridgehead atoms. The van der Waals surface area contributed by atoms with Gasteiger partial charge < -0.3 is 20.1 Å². The number of thiazole rings is 2. The highest BCUT2D eigenvalue weighted by atomic mass is 32.1. The van der Waals surface area contributed by atoms with Crippen molar-refractivity contribution in [2.45, 2.75) is 19.4 Å². The van der Waals surface area contributed by atoms with Crippen molar-refractivity contribution in [3.05, 3.63) is 47.3 Å². The van der Waals surface area contributed by atoms with Gasteiger partial charge in [0.25, 0.3) is 0 Å². The molecule has 1 amide bonds. The first-order valence-electron chi connectivity index (χ1n) is 9.80. The normalized spacial score (nSPS) is 15.2. The van der Waals surface area contributed by atoms with Gasteiger partial charge >= 0.3 is 0 Å². The zero-order chi connectivity index (χ0) is 21.4. The minimum absolute atomic E-state index is 0.0443. The summed E-state index contributed by atoms with van der Waals surface area (Å²) in [6.45, 7) is 2.13. The second-order valence-electron chi connectivity index (χ2n) is 7.16. The molecule has 1 atom stereocenters. The predicted molar refractivity (Wildman–Crippen MR) is 124 cm³/mol. The molecule has 3 heterocycles. The van der Waals surface area contributed by atoms with E-state index in [0.29, 0.717) is 6.61 Å². The van der Waals surface area contributed by atoms with E-state index in [2.05, 4.69) is 21.7 Å². The van der Waals surface area contributed by atoms with E-state index < -0.39 is 0 Å². The van der Waals surface area contributed by atoms with Gasteiger partial charge in [0.2, 0.25) is 5.91 Å². The largest absolute Gasteiger partial charge is 0.497 e. The molecule has 7 nitrogen and oxygen atoms in total. The van der Waals surface area contributed by atoms with Crippen LogP contribution in [0.1, 0.15) is 24.9 Å². The quantitative estimate of drug-likeness (QED) is 0.437. The molecule has 1 aliphatic heterocycles. The SMILES string of the molecule is COc1ccc2nc(Nc3nc(-c4ccc5c(c4)C(NC(C)=O)CCO5)cs3)sc2c1. The Hall–Kier alpha value is -3.17. The number of carbonyl (C=O) groups excluding carboxylic acids is 1. The maximum Gasteiger partial charge on any atom is 0.217 e. The lowest BCUT2D eigenvalue weighted by molar-refractivity contribution is -0.119. The maximum absolute atomic E-state index is 11.6. The van der Waals surface area contributed by atoms with Gasteiger partial charge in [-0.05, 0) is 36.4 Å². The van der Waals surface area contributed by atoms with E-state index >= 15 is 0 Å². The molecular formula is C22H20N4O3S2. The van der Waals surface area contributed by atoms with Crippen molar-refractivity contribution in [1.29, 1.82) is 0 Å². The topological polar surface area (TPSA) is 85.4 Å². The molecular weight excluding hydrogens is 432 g/mol. The van der Waals surface area contributed by atoms with Crippen LogP contribution in [-0.4, -0.2) is 29.6 Å². The maximum atomic E-state index is 11.6. The van der Waals surface area contributed by atoms with Gasteiger partial charge in [-0.25, -0.2) is 9.97 Å². The van der Waals surface area contributed by atoms with Gasteiger partial charge in [-0.2, -0.15) is 0 Å². The summed E-state index contributed by atoms with van der Waals surface area (Å²) in [7, 11) is 1.66. The lowest BCUT2D eigenvalue weighted by Gasteiger charge is -2.26. The Bertz CT molecular complexity index is 1270. The summed E-state index contributed by atoms with van der Waals surface area (Å²) in [5.41, 5.74) is 3.76. The molecule has 0 saturated carbocycles. The van der Waals surface area contributed by atoms with Gasteiger partial charge in [0.1, 0.15) is 11.5 Å². The minimum Gasteiger partial charge on any atom is -0.497 e. The fourth-order valence-corrected chi connectivity index (χ4v) is 5.27. The third-order valence-corrected chi connectivity index (χ3v) is 6.73. The van der Waals surface area contributed by atoms with E-state index in [0.717, 1.165) is 55.2 Å². The van der Waals surface area contributed by atoms with E-state index in [9.17, 15) is 4.79 Å². The summed E-state index contributed by atoms with van der Waals surface area (Å²) in [5, 5.41) is 9.89. The van der Waals surface area contributed by atoms with Crippen molar-refractivity contribution < 1.29 is 14.3 Å². The fourth-order valence-electron chi connectivity index (χ4n) is 3.59. The summed E-state index contributed by atoms with van der Waals surface area (Å²) in [4.78, 5) is 20.9. The Morgan fingerprint density at radius 2 is 2.10 bits per heavy atom. The number of hydrogen-bond donors (Lipinski definition) is 2. The second-order valence-corrected chi connectivity index (χ2v) is 9.05. The Morgan fingerprint density at radius 3 is 2.94 bits per heavy atom. The first-order valence-corrected chi connectivity index (χ1v) is 11.5. The van der Waals surface area contributed by atoms with Crippen LogP contribution < -0.4 is 20.1 Å². The van der Waals surface area contributed by atoms with Crippen LogP contribution in [0.25, 0.3) is 21.5 Å². The van der Waals surface area contributed by atoms with E-state index in [1.54, 1.807) is 18.4 Å². The first kappa shape index (κ1) is 19.8. The minimum atomic E-state index is -0.0446. The van der Waals surface area contributed by atoms with Crippen LogP contribution in [0.5, 0.6) is 11.5 Å². The van der Waals surface area contributed by atoms with Gasteiger partial charge in [0.15, 0.2) is 10.3 Å². The Balaban J connectivity index is 1.39. The van der Waals surface area contributed by atoms with Gasteiger partial charge in [0, 0.05) is 29.9 Å². The lowest BCUT2D eigenvalue weighted by Crippen LogP contribution is -2.30. The van der Waals surface area contributed by atoms with Gasteiger partial charge in [-0.1, -0.05) is 11.3 Å². The average Bonchev–Trinajstić information content (AvgIpc) is 3.39. The summed E-state index contributed by atoms with van der Waals surface area (Å²) in [5.74, 6) is 1.58. The highest BCUT2D eigenvalue weighted by molar-refractivity contribution is 7.22. The van der Waals surface area contributed by atoms with Crippen molar-refractivity contribution in [2.75, 3.05) is 19.0 Å². The van der Waals surface area contributed by atoms with Crippen LogP contribution in [0.15, 0.2) is 41.8 Å². The molecule has 2 aromatic heterocycles. The van der Waals surface area contributed by atoms with Crippen molar-refractivity contribution in [1.82, 2.24) is 15.3 Å². The van der Waals surface area contributed by atoms with Crippen LogP contribution in [0, 0.1) is 0 Å². The number of carbonyl (C=O) groups is 1. The van der Waals surface area contributed by atoms with Crippen LogP contribution in [-0.2, 0) is 4.79 Å². The highest BCUT2D eigenvalue weighted by Gasteiger charge is 2.23. The lowest BCUT2D eigenvalue weighted by atomic mass is 9.97. The third-order valence-electron chi connectivity index (χ3n) is 5.04. The number of benzene rings is 2. The molecule has 0 radical (unpaired) electrons. The van der Waals surface area contributed by atoms with E-state index in [1.807, 2.05) is 35.7 Å². The number of rotatable bonds is 5. The van der Waals surface area contributed by atoms with Crippen molar-refractivity contribution in [2.24, 2.45) is 0 Å². The Kier molecular flexibility index (Phi) is 5.21. The molecule has 0 aliphatic carbocycles. The monoisotopic (exact) mass is 452 g/mol. The molecule has 0 fully saturated rings. The van der Waals surface area contributed by atoms with Crippen LogP contribution in [0.4, 0.5) is 10.3 Å². The fraction of sp³-hybridized carbons (Fsp3) is 0.227. The molecule has 0 saturated heterocycles. The number of fused-ring (bicyclic) bond motifs is 2. The predicted octanol–water partition coefficient (Wildman–Crippen LogP) is 5.13. The van der Waals surface area contributed by atoms with Crippen LogP contribution in [0.2, 0.25) is 0 Å². The first-order chi connectivity index (χ1) is 15.1. The van der Waals surface area contributed by atoms with Gasteiger partial charge in [0.05, 0.1) is 35.7 Å². The molecule has 2 N–H and O–H groups in total. The van der Waals surface area contributed by atoms with Crippen molar-refractivity contribution in [3.8, 4) is 22.8 Å². The molecule has 1 unspecified atom stereocenters. The molecule has 1 aliphatic rings. The van der Waals surface area contributed by atoms with Crippen molar-refractivity contribution in [3.63, 3.8) is 0 Å². The standard InChI is InChI=1S/C22H20N4O3S2/c1-12(27)23-16-7-8-29-19-6-3-13(9-15(16)19)18-11-30-21(25-18)26-22-24-17-5-4-14(28-2)10-20(17)31-22/h3-6,9-11,16H,7-8H2,1-2H3,(H,23,27)(H,24,25,26). The number of ether oxygens (including phenoxy) is 2. The molecule has 9 heteroatoms. The Labute approximate surface area is 187 Å². The average molecular weight is 453 g/mol. The number of anilines is 2. The van der Waals surface area contributed by atoms with Crippen molar-refractivity contribution >= 4 is 49.1 Å². The number of methoxy groups -OCH3 is 1. The van der Waals surface area contributed by atoms with Crippen LogP contribution in [0.3, 0.4) is 0 Å². The third kappa shape index (κ3) is 4.06. The number of nitrogens with zero attached hydrogens (tertiary/aromatic N) is 2. The number of aromatic nitrogens is 2. The summed E-state index contributed by atoms with van der Waals surface area (Å²) >= 11 is 3.08. The van der Waals surface area contributed by atoms with Gasteiger partial charge in [-0.15, -0.1) is 11.3 Å². The van der Waals surface area contributed by atoms with Gasteiger partial charge in [-0.3, -0.25) is 4.79 Å². The molecule has 158 valence electrons. The molecule has 2 aromatic carbocycles. The molecule has 0 spiro atoms. The smallest absolute Gasteiger partial charge is 0.217 e. The molecule has 4 aromatic rings. The highest BCUT2D eigenvalue weighted by Crippen LogP contribution is 2.37. The van der Waals surface area contributed by atoms with E-state index in [1.165, 1.54) is 18.3 Å². The van der Waals surface area contributed by atoms with Crippen LogP contribution >= 0.6 is 22.7 Å². The zero-order valence-corrected chi connectivity index (χ0v) is 18.6. The van der Waals surface area contributed by atoms with E-state index in [-0.39, 0.29) is 11.9 Å². The number of amides is 1. The number of nitrogens with one attached hydrogen (secondary N) is 2.